The summed E-state index contributed by atoms with van der Waals surface area (Å²) in [6, 6.07) is 11.6. The second-order valence-corrected chi connectivity index (χ2v) is 7.12. The Morgan fingerprint density at radius 1 is 0.840 bits per heavy atom. The van der Waals surface area contributed by atoms with Crippen molar-refractivity contribution in [2.24, 2.45) is 0 Å². The number of anilines is 2. The van der Waals surface area contributed by atoms with Gasteiger partial charge in [-0.05, 0) is 68.1 Å². The molecule has 0 unspecified atom stereocenters. The highest BCUT2D eigenvalue weighted by Gasteiger charge is 2.08. The van der Waals surface area contributed by atoms with Crippen molar-refractivity contribution < 1.29 is 9.59 Å². The highest BCUT2D eigenvalue weighted by atomic mass is 32.2. The Bertz CT molecular complexity index is 787. The van der Waals surface area contributed by atoms with Crippen LogP contribution in [0, 0.1) is 27.7 Å². The molecular formula is C20H24N2O2S. The fourth-order valence-electron chi connectivity index (χ4n) is 2.33. The number of thioether (sulfide) groups is 1. The number of amides is 2. The molecule has 0 aliphatic heterocycles. The normalized spacial score (nSPS) is 10.4. The first kappa shape index (κ1) is 19.1. The Labute approximate surface area is 153 Å². The van der Waals surface area contributed by atoms with E-state index in [0.717, 1.165) is 28.1 Å². The average molecular weight is 356 g/mol. The summed E-state index contributed by atoms with van der Waals surface area (Å²) < 4.78 is 0. The van der Waals surface area contributed by atoms with Gasteiger partial charge in [-0.1, -0.05) is 18.2 Å². The van der Waals surface area contributed by atoms with Gasteiger partial charge in [-0.25, -0.2) is 0 Å². The van der Waals surface area contributed by atoms with Gasteiger partial charge in [0, 0.05) is 11.4 Å². The van der Waals surface area contributed by atoms with Crippen LogP contribution in [0.4, 0.5) is 11.4 Å². The minimum Gasteiger partial charge on any atom is -0.325 e. The maximum Gasteiger partial charge on any atom is 0.234 e. The van der Waals surface area contributed by atoms with Crippen molar-refractivity contribution in [1.29, 1.82) is 0 Å². The van der Waals surface area contributed by atoms with E-state index in [2.05, 4.69) is 10.6 Å². The van der Waals surface area contributed by atoms with Gasteiger partial charge in [-0.15, -0.1) is 11.8 Å². The summed E-state index contributed by atoms with van der Waals surface area (Å²) in [6.45, 7) is 8.04. The molecule has 0 spiro atoms. The van der Waals surface area contributed by atoms with Crippen LogP contribution >= 0.6 is 11.8 Å². The van der Waals surface area contributed by atoms with Crippen molar-refractivity contribution in [2.75, 3.05) is 22.1 Å². The van der Waals surface area contributed by atoms with Gasteiger partial charge in [0.05, 0.1) is 11.5 Å². The predicted octanol–water partition coefficient (Wildman–Crippen LogP) is 4.23. The van der Waals surface area contributed by atoms with Crippen LogP contribution in [-0.4, -0.2) is 23.3 Å². The molecule has 0 saturated carbocycles. The monoisotopic (exact) mass is 356 g/mol. The molecule has 0 aliphatic rings. The summed E-state index contributed by atoms with van der Waals surface area (Å²) in [5, 5.41) is 5.76. The highest BCUT2D eigenvalue weighted by Crippen LogP contribution is 2.18. The van der Waals surface area contributed by atoms with Crippen molar-refractivity contribution in [3.63, 3.8) is 0 Å². The number of carbonyl (C=O) groups is 2. The van der Waals surface area contributed by atoms with Crippen LogP contribution < -0.4 is 10.6 Å². The first-order chi connectivity index (χ1) is 11.9. The minimum atomic E-state index is -0.104. The van der Waals surface area contributed by atoms with Gasteiger partial charge in [0.2, 0.25) is 11.8 Å². The number of benzene rings is 2. The first-order valence-corrected chi connectivity index (χ1v) is 9.33. The molecular weight excluding hydrogens is 332 g/mol. The van der Waals surface area contributed by atoms with Crippen LogP contribution in [-0.2, 0) is 9.59 Å². The maximum absolute atomic E-state index is 12.0. The number of rotatable bonds is 6. The Hall–Kier alpha value is -2.27. The summed E-state index contributed by atoms with van der Waals surface area (Å²) in [5.41, 5.74) is 6.14. The summed E-state index contributed by atoms with van der Waals surface area (Å²) in [4.78, 5) is 24.0. The van der Waals surface area contributed by atoms with Gasteiger partial charge in [0.1, 0.15) is 0 Å². The van der Waals surface area contributed by atoms with Crippen molar-refractivity contribution in [3.05, 3.63) is 58.7 Å². The second-order valence-electron chi connectivity index (χ2n) is 6.14. The number of hydrogen-bond donors (Lipinski definition) is 2. The molecule has 0 fully saturated rings. The molecule has 2 rings (SSSR count). The molecule has 0 aromatic heterocycles. The molecule has 2 N–H and O–H groups in total. The molecule has 25 heavy (non-hydrogen) atoms. The molecule has 2 aromatic rings. The molecule has 0 heterocycles. The fourth-order valence-corrected chi connectivity index (χ4v) is 2.94. The standard InChI is InChI=1S/C20H24N2O2S/c1-13-8-9-17(10-15(13)3)21-19(23)11-25-12-20(24)22-18-7-5-6-14(2)16(18)4/h5-10H,11-12H2,1-4H3,(H,21,23)(H,22,24). The van der Waals surface area contributed by atoms with Crippen molar-refractivity contribution >= 4 is 35.0 Å². The number of aryl methyl sites for hydroxylation is 3. The molecule has 0 aliphatic carbocycles. The number of nitrogens with one attached hydrogen (secondary N) is 2. The Morgan fingerprint density at radius 3 is 2.20 bits per heavy atom. The third-order valence-corrected chi connectivity index (χ3v) is 5.07. The van der Waals surface area contributed by atoms with Crippen molar-refractivity contribution in [3.8, 4) is 0 Å². The third-order valence-electron chi connectivity index (χ3n) is 4.14. The molecule has 0 saturated heterocycles. The van der Waals surface area contributed by atoms with E-state index in [9.17, 15) is 9.59 Å². The maximum atomic E-state index is 12.0. The van der Waals surface area contributed by atoms with E-state index in [0.29, 0.717) is 0 Å². The number of carbonyl (C=O) groups excluding carboxylic acids is 2. The molecule has 2 aromatic carbocycles. The summed E-state index contributed by atoms with van der Waals surface area (Å²) in [7, 11) is 0. The van der Waals surface area contributed by atoms with Crippen LogP contribution in [0.25, 0.3) is 0 Å². The lowest BCUT2D eigenvalue weighted by molar-refractivity contribution is -0.114. The Balaban J connectivity index is 1.77. The van der Waals surface area contributed by atoms with E-state index >= 15 is 0 Å². The van der Waals surface area contributed by atoms with Gasteiger partial charge in [-0.3, -0.25) is 9.59 Å². The zero-order chi connectivity index (χ0) is 18.4. The van der Waals surface area contributed by atoms with Crippen LogP contribution in [0.1, 0.15) is 22.3 Å². The molecule has 0 atom stereocenters. The van der Waals surface area contributed by atoms with E-state index < -0.39 is 0 Å². The van der Waals surface area contributed by atoms with Crippen molar-refractivity contribution in [2.45, 2.75) is 27.7 Å². The molecule has 5 heteroatoms. The van der Waals surface area contributed by atoms with Crippen LogP contribution in [0.3, 0.4) is 0 Å². The lowest BCUT2D eigenvalue weighted by Crippen LogP contribution is -2.19. The Kier molecular flexibility index (Phi) is 6.65. The zero-order valence-corrected chi connectivity index (χ0v) is 15.9. The third kappa shape index (κ3) is 5.64. The summed E-state index contributed by atoms with van der Waals surface area (Å²) >= 11 is 1.30. The van der Waals surface area contributed by atoms with E-state index in [1.165, 1.54) is 17.3 Å². The predicted molar refractivity (Wildman–Crippen MR) is 106 cm³/mol. The highest BCUT2D eigenvalue weighted by molar-refractivity contribution is 8.00. The summed E-state index contributed by atoms with van der Waals surface area (Å²) in [6.07, 6.45) is 0. The molecule has 0 radical (unpaired) electrons. The molecule has 132 valence electrons. The van der Waals surface area contributed by atoms with Gasteiger partial charge in [-0.2, -0.15) is 0 Å². The molecule has 4 nitrogen and oxygen atoms in total. The SMILES string of the molecule is Cc1ccc(NC(=O)CSCC(=O)Nc2cccc(C)c2C)cc1C. The topological polar surface area (TPSA) is 58.2 Å². The van der Waals surface area contributed by atoms with E-state index in [1.807, 2.05) is 64.1 Å². The average Bonchev–Trinajstić information content (AvgIpc) is 2.55. The van der Waals surface area contributed by atoms with Crippen LogP contribution in [0.5, 0.6) is 0 Å². The summed E-state index contributed by atoms with van der Waals surface area (Å²) in [5.74, 6) is 0.284. The molecule has 2 amide bonds. The lowest BCUT2D eigenvalue weighted by Gasteiger charge is -2.10. The number of hydrogen-bond acceptors (Lipinski definition) is 3. The lowest BCUT2D eigenvalue weighted by atomic mass is 10.1. The first-order valence-electron chi connectivity index (χ1n) is 8.17. The quantitative estimate of drug-likeness (QED) is 0.814. The minimum absolute atomic E-state index is 0.0994. The Morgan fingerprint density at radius 2 is 1.52 bits per heavy atom. The van der Waals surface area contributed by atoms with Crippen LogP contribution in [0.15, 0.2) is 36.4 Å². The smallest absolute Gasteiger partial charge is 0.234 e. The van der Waals surface area contributed by atoms with Gasteiger partial charge in [0.15, 0.2) is 0 Å². The largest absolute Gasteiger partial charge is 0.325 e. The van der Waals surface area contributed by atoms with Crippen molar-refractivity contribution in [1.82, 2.24) is 0 Å². The van der Waals surface area contributed by atoms with E-state index in [1.54, 1.807) is 0 Å². The van der Waals surface area contributed by atoms with E-state index in [-0.39, 0.29) is 23.3 Å². The van der Waals surface area contributed by atoms with Gasteiger partial charge in [0.25, 0.3) is 0 Å². The van der Waals surface area contributed by atoms with Gasteiger partial charge < -0.3 is 10.6 Å². The fraction of sp³-hybridized carbons (Fsp3) is 0.300. The van der Waals surface area contributed by atoms with E-state index in [4.69, 9.17) is 0 Å². The zero-order valence-electron chi connectivity index (χ0n) is 15.1. The van der Waals surface area contributed by atoms with Crippen LogP contribution in [0.2, 0.25) is 0 Å². The van der Waals surface area contributed by atoms with Gasteiger partial charge >= 0.3 is 0 Å². The molecule has 0 bridgehead atoms. The second kappa shape index (κ2) is 8.72.